The van der Waals surface area contributed by atoms with E-state index in [1.807, 2.05) is 11.0 Å². The van der Waals surface area contributed by atoms with Gasteiger partial charge in [-0.05, 0) is 42.9 Å². The molecule has 1 aliphatic heterocycles. The summed E-state index contributed by atoms with van der Waals surface area (Å²) in [6.07, 6.45) is 2.37. The van der Waals surface area contributed by atoms with Crippen LogP contribution in [-0.4, -0.2) is 28.4 Å². The average molecular weight is 307 g/mol. The summed E-state index contributed by atoms with van der Waals surface area (Å²) in [4.78, 5) is 24.7. The zero-order chi connectivity index (χ0) is 16.1. The number of amides is 1. The number of carbonyl (C=O) groups is 2. The summed E-state index contributed by atoms with van der Waals surface area (Å²) < 4.78 is 13.4. The number of benzene rings is 1. The third kappa shape index (κ3) is 4.29. The standard InChI is InChI=1S/C17H22FNO3/c1-12-9-15(13-5-4-6-14(18)10-13)19(11-12)16(20)7-2-3-8-17(21)22/h4-6,10,12,15H,2-3,7-9,11H2,1H3,(H,21,22). The molecule has 0 aromatic heterocycles. The van der Waals surface area contributed by atoms with E-state index in [-0.39, 0.29) is 24.2 Å². The topological polar surface area (TPSA) is 57.6 Å². The second-order valence-electron chi connectivity index (χ2n) is 6.06. The first-order valence-corrected chi connectivity index (χ1v) is 7.74. The number of rotatable bonds is 6. The molecule has 0 saturated carbocycles. The molecular formula is C17H22FNO3. The highest BCUT2D eigenvalue weighted by Gasteiger charge is 2.33. The Hall–Kier alpha value is -1.91. The normalized spacial score (nSPS) is 21.1. The van der Waals surface area contributed by atoms with Crippen molar-refractivity contribution in [3.63, 3.8) is 0 Å². The van der Waals surface area contributed by atoms with Gasteiger partial charge in [0.05, 0.1) is 6.04 Å². The zero-order valence-corrected chi connectivity index (χ0v) is 12.8. The van der Waals surface area contributed by atoms with Crippen molar-refractivity contribution < 1.29 is 19.1 Å². The lowest BCUT2D eigenvalue weighted by molar-refractivity contribution is -0.137. The van der Waals surface area contributed by atoms with E-state index in [1.54, 1.807) is 6.07 Å². The van der Waals surface area contributed by atoms with Crippen LogP contribution in [0.4, 0.5) is 4.39 Å². The summed E-state index contributed by atoms with van der Waals surface area (Å²) in [6, 6.07) is 6.35. The molecule has 1 amide bonds. The molecule has 1 aromatic carbocycles. The fourth-order valence-corrected chi connectivity index (χ4v) is 3.05. The van der Waals surface area contributed by atoms with Crippen LogP contribution < -0.4 is 0 Å². The highest BCUT2D eigenvalue weighted by molar-refractivity contribution is 5.77. The van der Waals surface area contributed by atoms with Gasteiger partial charge < -0.3 is 10.0 Å². The SMILES string of the molecule is CC1CC(c2cccc(F)c2)N(C(=O)CCCCC(=O)O)C1. The molecule has 1 fully saturated rings. The number of carboxylic acids is 1. The van der Waals surface area contributed by atoms with E-state index in [9.17, 15) is 14.0 Å². The van der Waals surface area contributed by atoms with Gasteiger partial charge in [0, 0.05) is 19.4 Å². The van der Waals surface area contributed by atoms with Crippen LogP contribution in [0, 0.1) is 11.7 Å². The minimum absolute atomic E-state index is 0.0315. The molecule has 0 aliphatic carbocycles. The molecule has 1 heterocycles. The molecular weight excluding hydrogens is 285 g/mol. The van der Waals surface area contributed by atoms with Crippen molar-refractivity contribution in [2.75, 3.05) is 6.54 Å². The van der Waals surface area contributed by atoms with Crippen molar-refractivity contribution in [1.29, 1.82) is 0 Å². The van der Waals surface area contributed by atoms with E-state index < -0.39 is 5.97 Å². The summed E-state index contributed by atoms with van der Waals surface area (Å²) in [5.41, 5.74) is 0.836. The van der Waals surface area contributed by atoms with Gasteiger partial charge in [-0.2, -0.15) is 0 Å². The molecule has 0 bridgehead atoms. The van der Waals surface area contributed by atoms with Gasteiger partial charge in [-0.3, -0.25) is 9.59 Å². The number of carboxylic acid groups (broad SMARTS) is 1. The molecule has 120 valence electrons. The Morgan fingerprint density at radius 3 is 2.73 bits per heavy atom. The summed E-state index contributed by atoms with van der Waals surface area (Å²) in [6.45, 7) is 2.77. The van der Waals surface area contributed by atoms with Crippen LogP contribution in [-0.2, 0) is 9.59 Å². The first-order chi connectivity index (χ1) is 10.5. The van der Waals surface area contributed by atoms with E-state index in [2.05, 4.69) is 6.92 Å². The van der Waals surface area contributed by atoms with Gasteiger partial charge in [-0.25, -0.2) is 4.39 Å². The van der Waals surface area contributed by atoms with Gasteiger partial charge in [-0.1, -0.05) is 19.1 Å². The summed E-state index contributed by atoms with van der Waals surface area (Å²) in [5.74, 6) is -0.703. The molecule has 2 atom stereocenters. The Kier molecular flexibility index (Phi) is 5.52. The van der Waals surface area contributed by atoms with E-state index in [0.717, 1.165) is 12.0 Å². The third-order valence-corrected chi connectivity index (χ3v) is 4.10. The van der Waals surface area contributed by atoms with Crippen LogP contribution in [0.1, 0.15) is 50.6 Å². The Balaban J connectivity index is 1.98. The van der Waals surface area contributed by atoms with E-state index in [0.29, 0.717) is 31.7 Å². The fourth-order valence-electron chi connectivity index (χ4n) is 3.05. The average Bonchev–Trinajstić information content (AvgIpc) is 2.85. The Bertz CT molecular complexity index is 546. The minimum Gasteiger partial charge on any atom is -0.481 e. The van der Waals surface area contributed by atoms with Crippen molar-refractivity contribution >= 4 is 11.9 Å². The smallest absolute Gasteiger partial charge is 0.303 e. The van der Waals surface area contributed by atoms with Gasteiger partial charge in [0.2, 0.25) is 5.91 Å². The lowest BCUT2D eigenvalue weighted by atomic mass is 10.0. The van der Waals surface area contributed by atoms with Gasteiger partial charge in [-0.15, -0.1) is 0 Å². The number of nitrogens with zero attached hydrogens (tertiary/aromatic N) is 1. The predicted octanol–water partition coefficient (Wildman–Crippen LogP) is 3.38. The van der Waals surface area contributed by atoms with Crippen molar-refractivity contribution in [3.05, 3.63) is 35.6 Å². The largest absolute Gasteiger partial charge is 0.481 e. The third-order valence-electron chi connectivity index (χ3n) is 4.10. The summed E-state index contributed by atoms with van der Waals surface area (Å²) >= 11 is 0. The van der Waals surface area contributed by atoms with Crippen LogP contribution >= 0.6 is 0 Å². The maximum Gasteiger partial charge on any atom is 0.303 e. The van der Waals surface area contributed by atoms with E-state index in [1.165, 1.54) is 12.1 Å². The van der Waals surface area contributed by atoms with Gasteiger partial charge in [0.1, 0.15) is 5.82 Å². The molecule has 4 nitrogen and oxygen atoms in total. The second-order valence-corrected chi connectivity index (χ2v) is 6.06. The molecule has 1 N–H and O–H groups in total. The number of carbonyl (C=O) groups excluding carboxylic acids is 1. The molecule has 1 aromatic rings. The Labute approximate surface area is 129 Å². The molecule has 22 heavy (non-hydrogen) atoms. The number of halogens is 1. The number of unbranched alkanes of at least 4 members (excludes halogenated alkanes) is 1. The molecule has 1 saturated heterocycles. The number of aliphatic carboxylic acids is 1. The molecule has 2 unspecified atom stereocenters. The Morgan fingerprint density at radius 2 is 2.05 bits per heavy atom. The van der Waals surface area contributed by atoms with Gasteiger partial charge in [0.25, 0.3) is 0 Å². The highest BCUT2D eigenvalue weighted by atomic mass is 19.1. The van der Waals surface area contributed by atoms with Crippen LogP contribution in [0.15, 0.2) is 24.3 Å². The van der Waals surface area contributed by atoms with E-state index in [4.69, 9.17) is 5.11 Å². The minimum atomic E-state index is -0.833. The van der Waals surface area contributed by atoms with Crippen LogP contribution in [0.5, 0.6) is 0 Å². The lowest BCUT2D eigenvalue weighted by Crippen LogP contribution is -2.30. The zero-order valence-electron chi connectivity index (χ0n) is 12.8. The van der Waals surface area contributed by atoms with Gasteiger partial charge in [0.15, 0.2) is 0 Å². The molecule has 1 aliphatic rings. The number of likely N-dealkylation sites (tertiary alicyclic amines) is 1. The first kappa shape index (κ1) is 16.5. The summed E-state index contributed by atoms with van der Waals surface area (Å²) in [5, 5.41) is 8.61. The summed E-state index contributed by atoms with van der Waals surface area (Å²) in [7, 11) is 0. The van der Waals surface area contributed by atoms with Crippen molar-refractivity contribution in [2.24, 2.45) is 5.92 Å². The van der Waals surface area contributed by atoms with Crippen molar-refractivity contribution in [1.82, 2.24) is 4.90 Å². The van der Waals surface area contributed by atoms with Crippen molar-refractivity contribution in [2.45, 2.75) is 45.1 Å². The van der Waals surface area contributed by atoms with Crippen LogP contribution in [0.25, 0.3) is 0 Å². The first-order valence-electron chi connectivity index (χ1n) is 7.74. The Morgan fingerprint density at radius 1 is 1.32 bits per heavy atom. The maximum atomic E-state index is 13.4. The molecule has 5 heteroatoms. The highest BCUT2D eigenvalue weighted by Crippen LogP contribution is 2.36. The molecule has 0 radical (unpaired) electrons. The predicted molar refractivity (Wildman–Crippen MR) is 80.7 cm³/mol. The van der Waals surface area contributed by atoms with Crippen molar-refractivity contribution in [3.8, 4) is 0 Å². The number of hydrogen-bond donors (Lipinski definition) is 1. The molecule has 0 spiro atoms. The second kappa shape index (κ2) is 7.38. The monoisotopic (exact) mass is 307 g/mol. The number of hydrogen-bond acceptors (Lipinski definition) is 2. The van der Waals surface area contributed by atoms with Crippen LogP contribution in [0.2, 0.25) is 0 Å². The lowest BCUT2D eigenvalue weighted by Gasteiger charge is -2.25. The fraction of sp³-hybridized carbons (Fsp3) is 0.529. The quantitative estimate of drug-likeness (QED) is 0.820. The van der Waals surface area contributed by atoms with E-state index >= 15 is 0 Å². The maximum absolute atomic E-state index is 13.4. The molecule has 2 rings (SSSR count). The van der Waals surface area contributed by atoms with Gasteiger partial charge >= 0.3 is 5.97 Å². The van der Waals surface area contributed by atoms with Crippen LogP contribution in [0.3, 0.4) is 0 Å².